The van der Waals surface area contributed by atoms with Gasteiger partial charge in [-0.15, -0.1) is 11.8 Å². The van der Waals surface area contributed by atoms with Crippen molar-refractivity contribution in [1.29, 1.82) is 0 Å². The Morgan fingerprint density at radius 1 is 1.08 bits per heavy atom. The smallest absolute Gasteiger partial charge is 0.233 e. The van der Waals surface area contributed by atoms with Gasteiger partial charge in [0.25, 0.3) is 0 Å². The zero-order chi connectivity index (χ0) is 18.2. The molecule has 0 saturated heterocycles. The van der Waals surface area contributed by atoms with E-state index in [0.717, 1.165) is 28.3 Å². The molecular weight excluding hydrogens is 334 g/mol. The maximum Gasteiger partial charge on any atom is 0.233 e. The van der Waals surface area contributed by atoms with Crippen LogP contribution in [0.2, 0.25) is 0 Å². The fourth-order valence-electron chi connectivity index (χ4n) is 2.24. The molecule has 0 aliphatic rings. The minimum absolute atomic E-state index is 0.00591. The number of carbonyl (C=O) groups is 2. The maximum absolute atomic E-state index is 12.2. The Balaban J connectivity index is 1.77. The normalized spacial score (nSPS) is 11.6. The summed E-state index contributed by atoms with van der Waals surface area (Å²) in [5.41, 5.74) is 8.28. The van der Waals surface area contributed by atoms with Gasteiger partial charge in [-0.2, -0.15) is 0 Å². The predicted octanol–water partition coefficient (Wildman–Crippen LogP) is 3.07. The fourth-order valence-corrected chi connectivity index (χ4v) is 3.13. The van der Waals surface area contributed by atoms with Crippen LogP contribution in [-0.2, 0) is 16.0 Å². The summed E-state index contributed by atoms with van der Waals surface area (Å²) in [4.78, 5) is 24.2. The van der Waals surface area contributed by atoms with E-state index in [-0.39, 0.29) is 17.1 Å². The quantitative estimate of drug-likeness (QED) is 0.525. The molecule has 0 radical (unpaired) electrons. The average Bonchev–Trinajstić information content (AvgIpc) is 2.58. The lowest BCUT2D eigenvalue weighted by molar-refractivity contribution is -0.120. The summed E-state index contributed by atoms with van der Waals surface area (Å²) in [6.45, 7) is 3.94. The molecule has 25 heavy (non-hydrogen) atoms. The van der Waals surface area contributed by atoms with Gasteiger partial charge in [-0.05, 0) is 55.3 Å². The van der Waals surface area contributed by atoms with Crippen molar-refractivity contribution >= 4 is 35.0 Å². The lowest BCUT2D eigenvalue weighted by Gasteiger charge is -2.12. The third-order valence-electron chi connectivity index (χ3n) is 3.55. The van der Waals surface area contributed by atoms with Crippen molar-refractivity contribution in [2.24, 2.45) is 0 Å². The van der Waals surface area contributed by atoms with Crippen LogP contribution >= 0.6 is 11.8 Å². The van der Waals surface area contributed by atoms with Gasteiger partial charge in [0.2, 0.25) is 11.8 Å². The van der Waals surface area contributed by atoms with Crippen LogP contribution in [0.15, 0.2) is 53.4 Å². The number of hydrogen-bond donors (Lipinski definition) is 3. The Hall–Kier alpha value is -2.47. The Labute approximate surface area is 152 Å². The number of carbonyl (C=O) groups excluding carboxylic acids is 2. The molecule has 0 aliphatic heterocycles. The Morgan fingerprint density at radius 2 is 1.72 bits per heavy atom. The molecule has 2 rings (SSSR count). The van der Waals surface area contributed by atoms with Crippen LogP contribution in [0.25, 0.3) is 0 Å². The molecule has 0 spiro atoms. The summed E-state index contributed by atoms with van der Waals surface area (Å²) in [6, 6.07) is 15.1. The molecular formula is C19H23N3O2S. The number of hydrogen-bond acceptors (Lipinski definition) is 4. The third-order valence-corrected chi connectivity index (χ3v) is 4.66. The molecule has 5 nitrogen and oxygen atoms in total. The summed E-state index contributed by atoms with van der Waals surface area (Å²) >= 11 is 1.49. The zero-order valence-corrected chi connectivity index (χ0v) is 15.2. The van der Waals surface area contributed by atoms with Gasteiger partial charge in [0.15, 0.2) is 0 Å². The first-order valence-electron chi connectivity index (χ1n) is 8.10. The van der Waals surface area contributed by atoms with Gasteiger partial charge in [-0.25, -0.2) is 0 Å². The van der Waals surface area contributed by atoms with Crippen LogP contribution in [0.4, 0.5) is 11.4 Å². The van der Waals surface area contributed by atoms with E-state index < -0.39 is 0 Å². The summed E-state index contributed by atoms with van der Waals surface area (Å²) in [5, 5.41) is 5.48. The molecule has 0 aromatic heterocycles. The van der Waals surface area contributed by atoms with Crippen LogP contribution < -0.4 is 16.4 Å². The van der Waals surface area contributed by atoms with E-state index in [0.29, 0.717) is 6.54 Å². The molecule has 2 aromatic rings. The number of benzene rings is 2. The molecule has 2 aromatic carbocycles. The van der Waals surface area contributed by atoms with Gasteiger partial charge in [-0.3, -0.25) is 9.59 Å². The van der Waals surface area contributed by atoms with Crippen LogP contribution in [0.3, 0.4) is 0 Å². The number of nitrogens with one attached hydrogen (secondary N) is 2. The number of thioether (sulfide) groups is 1. The summed E-state index contributed by atoms with van der Waals surface area (Å²) in [7, 11) is 0. The molecule has 0 bridgehead atoms. The molecule has 0 aliphatic carbocycles. The standard InChI is InChI=1S/C19H23N3O2S/c1-13(25-18-9-7-17(8-10-18)22-14(2)23)19(24)21-12-11-15-3-5-16(20)6-4-15/h3-10,13H,11-12,20H2,1-2H3,(H,21,24)(H,22,23). The van der Waals surface area contributed by atoms with E-state index in [1.807, 2.05) is 55.5 Å². The van der Waals surface area contributed by atoms with Gasteiger partial charge in [0, 0.05) is 29.7 Å². The van der Waals surface area contributed by atoms with E-state index in [9.17, 15) is 9.59 Å². The molecule has 0 fully saturated rings. The fraction of sp³-hybridized carbons (Fsp3) is 0.263. The first kappa shape index (κ1) is 18.9. The van der Waals surface area contributed by atoms with Crippen molar-refractivity contribution in [3.8, 4) is 0 Å². The van der Waals surface area contributed by atoms with Gasteiger partial charge in [0.1, 0.15) is 0 Å². The maximum atomic E-state index is 12.2. The van der Waals surface area contributed by atoms with Crippen molar-refractivity contribution in [2.75, 3.05) is 17.6 Å². The van der Waals surface area contributed by atoms with Gasteiger partial charge in [-0.1, -0.05) is 12.1 Å². The van der Waals surface area contributed by atoms with Crippen LogP contribution in [0.5, 0.6) is 0 Å². The monoisotopic (exact) mass is 357 g/mol. The summed E-state index contributed by atoms with van der Waals surface area (Å²) < 4.78 is 0. The summed E-state index contributed by atoms with van der Waals surface area (Å²) in [6.07, 6.45) is 0.773. The first-order valence-corrected chi connectivity index (χ1v) is 8.98. The number of amides is 2. The minimum Gasteiger partial charge on any atom is -0.399 e. The highest BCUT2D eigenvalue weighted by molar-refractivity contribution is 8.00. The van der Waals surface area contributed by atoms with Crippen molar-refractivity contribution in [3.63, 3.8) is 0 Å². The second kappa shape index (κ2) is 9.13. The number of anilines is 2. The van der Waals surface area contributed by atoms with Crippen LogP contribution in [0.1, 0.15) is 19.4 Å². The zero-order valence-electron chi connectivity index (χ0n) is 14.4. The van der Waals surface area contributed by atoms with E-state index in [4.69, 9.17) is 5.73 Å². The molecule has 1 atom stereocenters. The molecule has 6 heteroatoms. The highest BCUT2D eigenvalue weighted by atomic mass is 32.2. The van der Waals surface area contributed by atoms with E-state index in [2.05, 4.69) is 10.6 Å². The minimum atomic E-state index is -0.196. The number of nitrogen functional groups attached to an aromatic ring is 1. The third kappa shape index (κ3) is 6.51. The van der Waals surface area contributed by atoms with E-state index in [1.54, 1.807) is 0 Å². The van der Waals surface area contributed by atoms with Crippen molar-refractivity contribution in [2.45, 2.75) is 30.4 Å². The number of rotatable bonds is 7. The predicted molar refractivity (Wildman–Crippen MR) is 104 cm³/mol. The van der Waals surface area contributed by atoms with Crippen molar-refractivity contribution in [1.82, 2.24) is 5.32 Å². The molecule has 1 unspecified atom stereocenters. The Kier molecular flexibility index (Phi) is 6.89. The van der Waals surface area contributed by atoms with E-state index in [1.165, 1.54) is 18.7 Å². The van der Waals surface area contributed by atoms with Crippen LogP contribution in [-0.4, -0.2) is 23.6 Å². The van der Waals surface area contributed by atoms with E-state index >= 15 is 0 Å². The second-order valence-corrected chi connectivity index (χ2v) is 7.16. The Morgan fingerprint density at radius 3 is 2.32 bits per heavy atom. The average molecular weight is 357 g/mol. The topological polar surface area (TPSA) is 84.2 Å². The van der Waals surface area contributed by atoms with Gasteiger partial charge >= 0.3 is 0 Å². The highest BCUT2D eigenvalue weighted by Gasteiger charge is 2.13. The van der Waals surface area contributed by atoms with Crippen molar-refractivity contribution in [3.05, 3.63) is 54.1 Å². The molecule has 2 amide bonds. The highest BCUT2D eigenvalue weighted by Crippen LogP contribution is 2.24. The first-order chi connectivity index (χ1) is 11.9. The molecule has 0 saturated carbocycles. The van der Waals surface area contributed by atoms with Gasteiger partial charge < -0.3 is 16.4 Å². The van der Waals surface area contributed by atoms with Gasteiger partial charge in [0.05, 0.1) is 5.25 Å². The second-order valence-electron chi connectivity index (χ2n) is 5.75. The number of nitrogens with two attached hydrogens (primary N) is 1. The Bertz CT molecular complexity index is 714. The van der Waals surface area contributed by atoms with Crippen LogP contribution in [0, 0.1) is 0 Å². The lowest BCUT2D eigenvalue weighted by atomic mass is 10.1. The molecule has 0 heterocycles. The lowest BCUT2D eigenvalue weighted by Crippen LogP contribution is -2.32. The molecule has 132 valence electrons. The summed E-state index contributed by atoms with van der Waals surface area (Å²) in [5.74, 6) is -0.0966. The molecule has 4 N–H and O–H groups in total. The van der Waals surface area contributed by atoms with Crippen molar-refractivity contribution < 1.29 is 9.59 Å². The SMILES string of the molecule is CC(=O)Nc1ccc(SC(C)C(=O)NCCc2ccc(N)cc2)cc1. The largest absolute Gasteiger partial charge is 0.399 e.